The molecule has 0 heterocycles. The molecule has 4 rings (SSSR count). The minimum Gasteiger partial charge on any atom is -0.390 e. The Morgan fingerprint density at radius 2 is 1.96 bits per heavy atom. The number of aliphatic hydroxyl groups is 1. The highest BCUT2D eigenvalue weighted by Crippen LogP contribution is 2.67. The fourth-order valence-electron chi connectivity index (χ4n) is 6.33. The van der Waals surface area contributed by atoms with Crippen molar-refractivity contribution in [3.8, 4) is 0 Å². The molecule has 3 fully saturated rings. The normalized spacial score (nSPS) is 53.3. The van der Waals surface area contributed by atoms with Crippen molar-refractivity contribution in [1.82, 2.24) is 0 Å². The average molecular weight is 332 g/mol. The highest BCUT2D eigenvalue weighted by molar-refractivity contribution is 6.01. The number of carbonyl (C=O) groups excluding carboxylic acids is 2. The Labute approximate surface area is 142 Å². The van der Waals surface area contributed by atoms with Gasteiger partial charge in [0.15, 0.2) is 11.5 Å². The number of halogens is 1. The first-order valence-electron chi connectivity index (χ1n) is 9.00. The second-order valence-corrected chi connectivity index (χ2v) is 8.77. The first kappa shape index (κ1) is 16.2. The minimum atomic E-state index is -1.82. The molecular formula is C20H25FO3. The van der Waals surface area contributed by atoms with Gasteiger partial charge in [0.25, 0.3) is 0 Å². The lowest BCUT2D eigenvalue weighted by atomic mass is 9.46. The van der Waals surface area contributed by atoms with Crippen molar-refractivity contribution in [3.63, 3.8) is 0 Å². The Hall–Kier alpha value is -1.29. The quantitative estimate of drug-likeness (QED) is 0.741. The maximum atomic E-state index is 16.6. The van der Waals surface area contributed by atoms with Crippen LogP contribution in [0.1, 0.15) is 46.5 Å². The minimum absolute atomic E-state index is 0.0298. The van der Waals surface area contributed by atoms with Crippen LogP contribution in [0.2, 0.25) is 0 Å². The van der Waals surface area contributed by atoms with Crippen LogP contribution in [-0.2, 0) is 9.59 Å². The van der Waals surface area contributed by atoms with Crippen molar-refractivity contribution < 1.29 is 19.1 Å². The van der Waals surface area contributed by atoms with Gasteiger partial charge in [-0.15, -0.1) is 0 Å². The third kappa shape index (κ3) is 1.66. The molecule has 130 valence electrons. The molecule has 3 nitrogen and oxygen atoms in total. The van der Waals surface area contributed by atoms with Gasteiger partial charge in [0, 0.05) is 22.7 Å². The largest absolute Gasteiger partial charge is 0.390 e. The third-order valence-electron chi connectivity index (χ3n) is 7.65. The number of ketones is 2. The predicted octanol–water partition coefficient (Wildman–Crippen LogP) is 3.17. The summed E-state index contributed by atoms with van der Waals surface area (Å²) in [7, 11) is 0. The molecule has 4 heteroatoms. The van der Waals surface area contributed by atoms with Crippen LogP contribution in [-0.4, -0.2) is 28.4 Å². The number of allylic oxidation sites excluding steroid dienone is 4. The van der Waals surface area contributed by atoms with Gasteiger partial charge in [0.1, 0.15) is 5.78 Å². The van der Waals surface area contributed by atoms with Crippen LogP contribution in [0.5, 0.6) is 0 Å². The van der Waals surface area contributed by atoms with E-state index < -0.39 is 22.6 Å². The molecule has 0 unspecified atom stereocenters. The average Bonchev–Trinajstić information content (AvgIpc) is 2.74. The predicted molar refractivity (Wildman–Crippen MR) is 87.9 cm³/mol. The van der Waals surface area contributed by atoms with Gasteiger partial charge >= 0.3 is 0 Å². The summed E-state index contributed by atoms with van der Waals surface area (Å²) >= 11 is 0. The first-order chi connectivity index (χ1) is 11.1. The van der Waals surface area contributed by atoms with E-state index in [4.69, 9.17) is 0 Å². The number of rotatable bonds is 0. The molecule has 0 amide bonds. The van der Waals surface area contributed by atoms with E-state index in [0.29, 0.717) is 19.3 Å². The molecule has 7 atom stereocenters. The van der Waals surface area contributed by atoms with E-state index in [1.807, 2.05) is 13.8 Å². The standard InChI is InChI=1S/C20H25FO3/c1-11-8-15-14-5-4-12-9-13(22)6-7-19(12,3)20(14,21)16(23)10-18(15,2)17(11)24/h6-7,9,11,14-16,23H,4-5,8,10H2,1-3H3/t11-,14-,15-,16-,18-,19-,20-/m0/s1. The molecule has 0 aromatic carbocycles. The van der Waals surface area contributed by atoms with Crippen molar-refractivity contribution in [2.24, 2.45) is 28.6 Å². The molecule has 0 spiro atoms. The van der Waals surface area contributed by atoms with Gasteiger partial charge in [0.2, 0.25) is 0 Å². The van der Waals surface area contributed by atoms with Crippen LogP contribution < -0.4 is 0 Å². The summed E-state index contributed by atoms with van der Waals surface area (Å²) in [5.74, 6) is -0.375. The first-order valence-corrected chi connectivity index (χ1v) is 9.00. The van der Waals surface area contributed by atoms with E-state index in [1.54, 1.807) is 19.1 Å². The summed E-state index contributed by atoms with van der Waals surface area (Å²) in [6, 6.07) is 0. The molecule has 0 saturated heterocycles. The van der Waals surface area contributed by atoms with Crippen LogP contribution in [0, 0.1) is 28.6 Å². The number of fused-ring (bicyclic) bond motifs is 5. The Kier molecular flexibility index (Phi) is 3.14. The smallest absolute Gasteiger partial charge is 0.178 e. The van der Waals surface area contributed by atoms with Gasteiger partial charge in [0.05, 0.1) is 6.10 Å². The van der Waals surface area contributed by atoms with Crippen LogP contribution >= 0.6 is 0 Å². The Morgan fingerprint density at radius 3 is 2.67 bits per heavy atom. The van der Waals surface area contributed by atoms with Crippen molar-refractivity contribution in [2.75, 3.05) is 0 Å². The molecule has 0 aliphatic heterocycles. The topological polar surface area (TPSA) is 54.4 Å². The highest BCUT2D eigenvalue weighted by atomic mass is 19.1. The number of hydrogen-bond donors (Lipinski definition) is 1. The summed E-state index contributed by atoms with van der Waals surface area (Å²) in [5, 5.41) is 10.9. The zero-order chi connectivity index (χ0) is 17.5. The van der Waals surface area contributed by atoms with Gasteiger partial charge < -0.3 is 5.11 Å². The van der Waals surface area contributed by atoms with Gasteiger partial charge in [-0.1, -0.05) is 25.5 Å². The molecule has 3 saturated carbocycles. The lowest BCUT2D eigenvalue weighted by Gasteiger charge is -2.60. The molecular weight excluding hydrogens is 307 g/mol. The van der Waals surface area contributed by atoms with Crippen LogP contribution in [0.15, 0.2) is 23.8 Å². The second-order valence-electron chi connectivity index (χ2n) is 8.77. The number of hydrogen-bond acceptors (Lipinski definition) is 3. The van der Waals surface area contributed by atoms with Gasteiger partial charge in [-0.25, -0.2) is 4.39 Å². The van der Waals surface area contributed by atoms with E-state index in [0.717, 1.165) is 5.57 Å². The number of alkyl halides is 1. The number of Topliss-reactive ketones (excluding diaryl/α,β-unsaturated/α-hetero) is 1. The summed E-state index contributed by atoms with van der Waals surface area (Å²) < 4.78 is 16.6. The van der Waals surface area contributed by atoms with E-state index in [1.165, 1.54) is 6.08 Å². The third-order valence-corrected chi connectivity index (χ3v) is 7.65. The monoisotopic (exact) mass is 332 g/mol. The van der Waals surface area contributed by atoms with E-state index in [-0.39, 0.29) is 35.7 Å². The molecule has 4 aliphatic carbocycles. The second kappa shape index (κ2) is 4.66. The number of carbonyl (C=O) groups is 2. The van der Waals surface area contributed by atoms with Crippen LogP contribution in [0.3, 0.4) is 0 Å². The maximum absolute atomic E-state index is 16.6. The molecule has 4 aliphatic rings. The van der Waals surface area contributed by atoms with Crippen molar-refractivity contribution >= 4 is 11.6 Å². The summed E-state index contributed by atoms with van der Waals surface area (Å²) in [6.07, 6.45) is 5.57. The fraction of sp³-hybridized carbons (Fsp3) is 0.700. The summed E-state index contributed by atoms with van der Waals surface area (Å²) in [4.78, 5) is 24.4. The SMILES string of the molecule is C[C@H]1C[C@H]2[C@@H]3CCC4=CC(=O)C=C[C@]4(C)[C@@]3(F)[C@@H](O)C[C@]2(C)C1=O. The lowest BCUT2D eigenvalue weighted by molar-refractivity contribution is -0.190. The van der Waals surface area contributed by atoms with Crippen molar-refractivity contribution in [1.29, 1.82) is 0 Å². The van der Waals surface area contributed by atoms with E-state index >= 15 is 4.39 Å². The van der Waals surface area contributed by atoms with E-state index in [2.05, 4.69) is 0 Å². The van der Waals surface area contributed by atoms with Crippen LogP contribution in [0.4, 0.5) is 4.39 Å². The number of aliphatic hydroxyl groups excluding tert-OH is 1. The van der Waals surface area contributed by atoms with Crippen molar-refractivity contribution in [2.45, 2.75) is 58.2 Å². The molecule has 0 aromatic heterocycles. The molecule has 24 heavy (non-hydrogen) atoms. The Balaban J connectivity index is 1.84. The van der Waals surface area contributed by atoms with Gasteiger partial charge in [-0.2, -0.15) is 0 Å². The highest BCUT2D eigenvalue weighted by Gasteiger charge is 2.71. The summed E-state index contributed by atoms with van der Waals surface area (Å²) in [5.41, 5.74) is -2.61. The van der Waals surface area contributed by atoms with Crippen molar-refractivity contribution in [3.05, 3.63) is 23.8 Å². The van der Waals surface area contributed by atoms with Gasteiger partial charge in [-0.05, 0) is 50.7 Å². The lowest BCUT2D eigenvalue weighted by Crippen LogP contribution is -2.66. The fourth-order valence-corrected chi connectivity index (χ4v) is 6.33. The van der Waals surface area contributed by atoms with E-state index in [9.17, 15) is 14.7 Å². The maximum Gasteiger partial charge on any atom is 0.178 e. The molecule has 0 radical (unpaired) electrons. The zero-order valence-electron chi connectivity index (χ0n) is 14.5. The Morgan fingerprint density at radius 1 is 1.25 bits per heavy atom. The summed E-state index contributed by atoms with van der Waals surface area (Å²) in [6.45, 7) is 5.65. The van der Waals surface area contributed by atoms with Gasteiger partial charge in [-0.3, -0.25) is 9.59 Å². The Bertz CT molecular complexity index is 695. The molecule has 0 aromatic rings. The van der Waals surface area contributed by atoms with Crippen LogP contribution in [0.25, 0.3) is 0 Å². The molecule has 0 bridgehead atoms. The molecule has 1 N–H and O–H groups in total. The zero-order valence-corrected chi connectivity index (χ0v) is 14.5.